The Morgan fingerprint density at radius 1 is 1.16 bits per heavy atom. The van der Waals surface area contributed by atoms with E-state index in [1.165, 1.54) is 12.1 Å². The molecule has 2 aromatic heterocycles. The normalized spacial score (nSPS) is 20.2. The molecule has 3 aromatic rings. The molecule has 2 saturated heterocycles. The average Bonchev–Trinajstić information content (AvgIpc) is 3.59. The summed E-state index contributed by atoms with van der Waals surface area (Å²) in [6.07, 6.45) is 7.87. The predicted octanol–water partition coefficient (Wildman–Crippen LogP) is 4.76. The number of aromatic nitrogens is 2. The molecule has 0 radical (unpaired) electrons. The van der Waals surface area contributed by atoms with Crippen molar-refractivity contribution in [3.63, 3.8) is 0 Å². The Hall–Kier alpha value is -3.26. The molecule has 8 heteroatoms. The van der Waals surface area contributed by atoms with Gasteiger partial charge >= 0.3 is 0 Å². The lowest BCUT2D eigenvalue weighted by Gasteiger charge is -2.35. The van der Waals surface area contributed by atoms with Gasteiger partial charge in [-0.15, -0.1) is 0 Å². The molecule has 1 N–H and O–H groups in total. The Bertz CT molecular complexity index is 1250. The molecule has 196 valence electrons. The Kier molecular flexibility index (Phi) is 7.55. The number of benzene rings is 1. The van der Waals surface area contributed by atoms with Gasteiger partial charge in [-0.1, -0.05) is 26.0 Å². The summed E-state index contributed by atoms with van der Waals surface area (Å²) in [5, 5.41) is 3.11. The van der Waals surface area contributed by atoms with Crippen molar-refractivity contribution in [2.24, 2.45) is 11.8 Å². The molecule has 2 fully saturated rings. The number of nitrogens with one attached hydrogen (secondary N) is 1. The summed E-state index contributed by atoms with van der Waals surface area (Å²) in [5.41, 5.74) is 3.40. The summed E-state index contributed by atoms with van der Waals surface area (Å²) in [5.74, 6) is -0.463. The van der Waals surface area contributed by atoms with Crippen LogP contribution in [0.3, 0.4) is 0 Å². The van der Waals surface area contributed by atoms with Crippen LogP contribution in [0.5, 0.6) is 0 Å². The maximum Gasteiger partial charge on any atom is 0.246 e. The van der Waals surface area contributed by atoms with Crippen LogP contribution in [0.2, 0.25) is 0 Å². The molecular formula is C29H35FN4O3. The topological polar surface area (TPSA) is 75.9 Å². The third-order valence-electron chi connectivity index (χ3n) is 7.90. The van der Waals surface area contributed by atoms with E-state index in [0.29, 0.717) is 19.8 Å². The van der Waals surface area contributed by atoms with Crippen molar-refractivity contribution >= 4 is 17.5 Å². The molecule has 0 unspecified atom stereocenters. The van der Waals surface area contributed by atoms with E-state index >= 15 is 0 Å². The van der Waals surface area contributed by atoms with Gasteiger partial charge < -0.3 is 19.4 Å². The fourth-order valence-corrected chi connectivity index (χ4v) is 5.48. The molecular weight excluding hydrogens is 471 g/mol. The molecule has 0 aliphatic carbocycles. The molecule has 0 saturated carbocycles. The Labute approximate surface area is 217 Å². The molecule has 37 heavy (non-hydrogen) atoms. The molecule has 1 aromatic carbocycles. The molecule has 4 heterocycles. The van der Waals surface area contributed by atoms with Gasteiger partial charge in [0.1, 0.15) is 17.5 Å². The summed E-state index contributed by atoms with van der Waals surface area (Å²) in [6, 6.07) is 9.61. The third kappa shape index (κ3) is 5.25. The van der Waals surface area contributed by atoms with Gasteiger partial charge in [-0.3, -0.25) is 9.59 Å². The number of halogens is 1. The maximum absolute atomic E-state index is 14.0. The SMILES string of the molecule is CC[C@@H](C)C(=O)N[C@H](C(=O)N1CCC[C@H]1c1cn2cccc(-c3ccc(F)cc3)c2n1)C1CCOCC1. The summed E-state index contributed by atoms with van der Waals surface area (Å²) in [6.45, 7) is 5.73. The summed E-state index contributed by atoms with van der Waals surface area (Å²) in [4.78, 5) is 33.7. The highest BCUT2D eigenvalue weighted by Crippen LogP contribution is 2.35. The van der Waals surface area contributed by atoms with Crippen molar-refractivity contribution in [3.05, 3.63) is 60.3 Å². The van der Waals surface area contributed by atoms with Crippen LogP contribution in [0.4, 0.5) is 4.39 Å². The van der Waals surface area contributed by atoms with Gasteiger partial charge in [-0.2, -0.15) is 0 Å². The Morgan fingerprint density at radius 3 is 2.65 bits per heavy atom. The van der Waals surface area contributed by atoms with E-state index in [-0.39, 0.29) is 35.5 Å². The van der Waals surface area contributed by atoms with Crippen LogP contribution in [-0.2, 0) is 14.3 Å². The first-order valence-electron chi connectivity index (χ1n) is 13.4. The van der Waals surface area contributed by atoms with Gasteiger partial charge in [0.2, 0.25) is 11.8 Å². The first-order valence-corrected chi connectivity index (χ1v) is 13.4. The fraction of sp³-hybridized carbons (Fsp3) is 0.483. The van der Waals surface area contributed by atoms with Gasteiger partial charge in [0.15, 0.2) is 0 Å². The number of rotatable bonds is 7. The average molecular weight is 507 g/mol. The van der Waals surface area contributed by atoms with Crippen molar-refractivity contribution in [3.8, 4) is 11.1 Å². The highest BCUT2D eigenvalue weighted by Gasteiger charge is 2.40. The maximum atomic E-state index is 14.0. The van der Waals surface area contributed by atoms with Crippen LogP contribution in [0.25, 0.3) is 16.8 Å². The van der Waals surface area contributed by atoms with Gasteiger partial charge in [0, 0.05) is 43.6 Å². The minimum Gasteiger partial charge on any atom is -0.381 e. The second-order valence-electron chi connectivity index (χ2n) is 10.3. The minimum atomic E-state index is -0.558. The van der Waals surface area contributed by atoms with E-state index < -0.39 is 6.04 Å². The summed E-state index contributed by atoms with van der Waals surface area (Å²) in [7, 11) is 0. The number of amides is 2. The monoisotopic (exact) mass is 506 g/mol. The van der Waals surface area contributed by atoms with Crippen molar-refractivity contribution < 1.29 is 18.7 Å². The molecule has 2 aliphatic heterocycles. The van der Waals surface area contributed by atoms with E-state index in [1.54, 1.807) is 12.1 Å². The van der Waals surface area contributed by atoms with Crippen LogP contribution >= 0.6 is 0 Å². The smallest absolute Gasteiger partial charge is 0.246 e. The molecule has 0 spiro atoms. The quantitative estimate of drug-likeness (QED) is 0.501. The number of hydrogen-bond acceptors (Lipinski definition) is 4. The fourth-order valence-electron chi connectivity index (χ4n) is 5.48. The zero-order valence-corrected chi connectivity index (χ0v) is 21.5. The molecule has 2 amide bonds. The second-order valence-corrected chi connectivity index (χ2v) is 10.3. The standard InChI is InChI=1S/C29H35FN4O3/c1-3-19(2)28(35)32-26(21-12-16-37-17-13-21)29(36)34-15-5-7-25(34)24-18-33-14-4-6-23(27(33)31-24)20-8-10-22(30)11-9-20/h4,6,8-11,14,18-19,21,25-26H,3,5,7,12-13,15-17H2,1-2H3,(H,32,35)/t19-,25+,26+/m1/s1. The van der Waals surface area contributed by atoms with Crippen molar-refractivity contribution in [2.45, 2.75) is 58.0 Å². The molecule has 7 nitrogen and oxygen atoms in total. The zero-order chi connectivity index (χ0) is 25.9. The van der Waals surface area contributed by atoms with E-state index in [2.05, 4.69) is 5.32 Å². The molecule has 2 aliphatic rings. The number of likely N-dealkylation sites (tertiary alicyclic amines) is 1. The van der Waals surface area contributed by atoms with Gasteiger partial charge in [0.25, 0.3) is 0 Å². The highest BCUT2D eigenvalue weighted by molar-refractivity contribution is 5.89. The van der Waals surface area contributed by atoms with Gasteiger partial charge in [0.05, 0.1) is 11.7 Å². The zero-order valence-electron chi connectivity index (χ0n) is 21.5. The van der Waals surface area contributed by atoms with Crippen LogP contribution < -0.4 is 5.32 Å². The van der Waals surface area contributed by atoms with Crippen molar-refractivity contribution in [1.82, 2.24) is 19.6 Å². The van der Waals surface area contributed by atoms with E-state index in [9.17, 15) is 14.0 Å². The summed E-state index contributed by atoms with van der Waals surface area (Å²) >= 11 is 0. The first-order chi connectivity index (χ1) is 18.0. The number of hydrogen-bond donors (Lipinski definition) is 1. The van der Waals surface area contributed by atoms with Crippen LogP contribution in [-0.4, -0.2) is 51.9 Å². The van der Waals surface area contributed by atoms with Crippen LogP contribution in [0.15, 0.2) is 48.8 Å². The number of pyridine rings is 1. The number of imidazole rings is 1. The lowest BCUT2D eigenvalue weighted by atomic mass is 9.90. The summed E-state index contributed by atoms with van der Waals surface area (Å²) < 4.78 is 21.0. The number of carbonyl (C=O) groups excluding carboxylic acids is 2. The Balaban J connectivity index is 1.44. The molecule has 0 bridgehead atoms. The lowest BCUT2D eigenvalue weighted by molar-refractivity contribution is -0.140. The van der Waals surface area contributed by atoms with Crippen LogP contribution in [0, 0.1) is 17.7 Å². The third-order valence-corrected chi connectivity index (χ3v) is 7.90. The minimum absolute atomic E-state index is 0.0260. The predicted molar refractivity (Wildman–Crippen MR) is 139 cm³/mol. The number of carbonyl (C=O) groups is 2. The number of ether oxygens (including phenoxy) is 1. The van der Waals surface area contributed by atoms with Crippen LogP contribution in [0.1, 0.15) is 57.7 Å². The largest absolute Gasteiger partial charge is 0.381 e. The van der Waals surface area contributed by atoms with Crippen molar-refractivity contribution in [2.75, 3.05) is 19.8 Å². The lowest BCUT2D eigenvalue weighted by Crippen LogP contribution is -2.54. The molecule has 5 rings (SSSR count). The number of nitrogens with zero attached hydrogens (tertiary/aromatic N) is 3. The van der Waals surface area contributed by atoms with Crippen molar-refractivity contribution in [1.29, 1.82) is 0 Å². The molecule has 3 atom stereocenters. The van der Waals surface area contributed by atoms with E-state index in [4.69, 9.17) is 9.72 Å². The first kappa shape index (κ1) is 25.4. The van der Waals surface area contributed by atoms with E-state index in [0.717, 1.165) is 54.6 Å². The van der Waals surface area contributed by atoms with E-state index in [1.807, 2.05) is 47.7 Å². The van der Waals surface area contributed by atoms with Gasteiger partial charge in [-0.05, 0) is 67.9 Å². The Morgan fingerprint density at radius 2 is 1.92 bits per heavy atom. The highest BCUT2D eigenvalue weighted by atomic mass is 19.1. The number of fused-ring (bicyclic) bond motifs is 1. The second kappa shape index (κ2) is 11.0. The van der Waals surface area contributed by atoms with Gasteiger partial charge in [-0.25, -0.2) is 9.37 Å².